The molecule has 0 bridgehead atoms. The number of thiophene rings is 1. The van der Waals surface area contributed by atoms with Crippen LogP contribution < -0.4 is 10.0 Å². The van der Waals surface area contributed by atoms with Crippen LogP contribution >= 0.6 is 11.3 Å². The maximum absolute atomic E-state index is 12.7. The van der Waals surface area contributed by atoms with Gasteiger partial charge in [0.1, 0.15) is 4.90 Å². The lowest BCUT2D eigenvalue weighted by molar-refractivity contribution is 0.0967. The summed E-state index contributed by atoms with van der Waals surface area (Å²) in [6, 6.07) is 5.28. The summed E-state index contributed by atoms with van der Waals surface area (Å²) in [5.74, 6) is -0.290. The van der Waals surface area contributed by atoms with E-state index in [0.717, 1.165) is 28.0 Å². The van der Waals surface area contributed by atoms with Gasteiger partial charge in [0, 0.05) is 11.9 Å². The first-order valence-electron chi connectivity index (χ1n) is 7.09. The van der Waals surface area contributed by atoms with Crippen LogP contribution in [0.25, 0.3) is 0 Å². The SMILES string of the molecule is CNC(=O)c1cc(S(=O)(=O)Nc2c(C)cc(C)cc2C)c(C)s1. The Morgan fingerprint density at radius 3 is 2.13 bits per heavy atom. The normalized spacial score (nSPS) is 11.3. The van der Waals surface area contributed by atoms with Crippen molar-refractivity contribution in [2.75, 3.05) is 11.8 Å². The van der Waals surface area contributed by atoms with Crippen molar-refractivity contribution in [3.63, 3.8) is 0 Å². The second kappa shape index (κ2) is 6.33. The highest BCUT2D eigenvalue weighted by Crippen LogP contribution is 2.30. The summed E-state index contributed by atoms with van der Waals surface area (Å²) >= 11 is 1.16. The van der Waals surface area contributed by atoms with Gasteiger partial charge in [-0.05, 0) is 44.9 Å². The average Bonchev–Trinajstić information content (AvgIpc) is 2.85. The molecule has 2 aromatic rings. The molecule has 0 aliphatic rings. The predicted octanol–water partition coefficient (Wildman–Crippen LogP) is 3.14. The fourth-order valence-corrected chi connectivity index (χ4v) is 5.24. The number of nitrogens with one attached hydrogen (secondary N) is 2. The van der Waals surface area contributed by atoms with Crippen LogP contribution in [0.3, 0.4) is 0 Å². The molecular weight excluding hydrogens is 332 g/mol. The maximum atomic E-state index is 12.7. The lowest BCUT2D eigenvalue weighted by Gasteiger charge is -2.14. The van der Waals surface area contributed by atoms with E-state index >= 15 is 0 Å². The zero-order chi connectivity index (χ0) is 17.4. The second-order valence-corrected chi connectivity index (χ2v) is 8.40. The monoisotopic (exact) mass is 352 g/mol. The third kappa shape index (κ3) is 3.56. The van der Waals surface area contributed by atoms with E-state index < -0.39 is 10.0 Å². The first kappa shape index (κ1) is 17.5. The Labute approximate surface area is 140 Å². The molecule has 0 saturated heterocycles. The highest BCUT2D eigenvalue weighted by Gasteiger charge is 2.23. The van der Waals surface area contributed by atoms with E-state index in [9.17, 15) is 13.2 Å². The molecule has 0 radical (unpaired) electrons. The molecule has 7 heteroatoms. The van der Waals surface area contributed by atoms with Gasteiger partial charge in [-0.25, -0.2) is 8.42 Å². The van der Waals surface area contributed by atoms with E-state index in [1.807, 2.05) is 32.9 Å². The number of sulfonamides is 1. The molecule has 0 aliphatic carbocycles. The van der Waals surface area contributed by atoms with Gasteiger partial charge in [0.05, 0.1) is 10.6 Å². The largest absolute Gasteiger partial charge is 0.354 e. The van der Waals surface area contributed by atoms with Crippen molar-refractivity contribution in [2.24, 2.45) is 0 Å². The van der Waals surface area contributed by atoms with Crippen molar-refractivity contribution in [3.8, 4) is 0 Å². The standard InChI is InChI=1S/C16H20N2O3S2/c1-9-6-10(2)15(11(3)7-9)18-23(20,21)14-8-13(16(19)17-5)22-12(14)4/h6-8,18H,1-5H3,(H,17,19). The molecule has 1 aromatic heterocycles. The minimum atomic E-state index is -3.74. The number of anilines is 1. The van der Waals surface area contributed by atoms with Crippen LogP contribution in [0.5, 0.6) is 0 Å². The molecule has 0 spiro atoms. The molecule has 2 rings (SSSR count). The molecule has 1 amide bonds. The Hall–Kier alpha value is -1.86. The van der Waals surface area contributed by atoms with Crippen LogP contribution in [0.4, 0.5) is 5.69 Å². The number of amides is 1. The van der Waals surface area contributed by atoms with Gasteiger partial charge in [-0.2, -0.15) is 0 Å². The van der Waals surface area contributed by atoms with E-state index in [1.54, 1.807) is 6.92 Å². The van der Waals surface area contributed by atoms with E-state index in [0.29, 0.717) is 15.4 Å². The van der Waals surface area contributed by atoms with Crippen molar-refractivity contribution in [2.45, 2.75) is 32.6 Å². The Morgan fingerprint density at radius 1 is 1.04 bits per heavy atom. The van der Waals surface area contributed by atoms with Crippen molar-refractivity contribution in [1.82, 2.24) is 5.32 Å². The van der Waals surface area contributed by atoms with Gasteiger partial charge in [-0.1, -0.05) is 17.7 Å². The fourth-order valence-electron chi connectivity index (χ4n) is 2.50. The van der Waals surface area contributed by atoms with Crippen molar-refractivity contribution in [3.05, 3.63) is 44.6 Å². The minimum Gasteiger partial charge on any atom is -0.354 e. The Morgan fingerprint density at radius 2 is 1.61 bits per heavy atom. The van der Waals surface area contributed by atoms with Gasteiger partial charge >= 0.3 is 0 Å². The number of hydrogen-bond acceptors (Lipinski definition) is 4. The van der Waals surface area contributed by atoms with Crippen LogP contribution in [0.15, 0.2) is 23.1 Å². The summed E-state index contributed by atoms with van der Waals surface area (Å²) in [6.07, 6.45) is 0. The molecular formula is C16H20N2O3S2. The molecule has 2 N–H and O–H groups in total. The summed E-state index contributed by atoms with van der Waals surface area (Å²) in [5, 5.41) is 2.50. The Balaban J connectivity index is 2.45. The zero-order valence-electron chi connectivity index (χ0n) is 13.8. The smallest absolute Gasteiger partial charge is 0.263 e. The quantitative estimate of drug-likeness (QED) is 0.887. The van der Waals surface area contributed by atoms with Gasteiger partial charge in [0.2, 0.25) is 0 Å². The fraction of sp³-hybridized carbons (Fsp3) is 0.312. The second-order valence-electron chi connectivity index (χ2n) is 5.49. The third-order valence-electron chi connectivity index (χ3n) is 3.53. The van der Waals surface area contributed by atoms with Gasteiger partial charge < -0.3 is 5.32 Å². The van der Waals surface area contributed by atoms with Crippen LogP contribution in [0, 0.1) is 27.7 Å². The first-order chi connectivity index (χ1) is 10.7. The number of rotatable bonds is 4. The van der Waals surface area contributed by atoms with Crippen molar-refractivity contribution < 1.29 is 13.2 Å². The molecule has 1 heterocycles. The molecule has 0 fully saturated rings. The number of carbonyl (C=O) groups excluding carboxylic acids is 1. The molecule has 0 atom stereocenters. The maximum Gasteiger partial charge on any atom is 0.263 e. The first-order valence-corrected chi connectivity index (χ1v) is 9.39. The Kier molecular flexibility index (Phi) is 4.81. The van der Waals surface area contributed by atoms with Gasteiger partial charge in [0.15, 0.2) is 0 Å². The summed E-state index contributed by atoms with van der Waals surface area (Å²) in [6.45, 7) is 7.40. The van der Waals surface area contributed by atoms with Crippen LogP contribution in [0.1, 0.15) is 31.2 Å². The molecule has 0 saturated carbocycles. The summed E-state index contributed by atoms with van der Waals surface area (Å²) in [5.41, 5.74) is 3.40. The molecule has 23 heavy (non-hydrogen) atoms. The van der Waals surface area contributed by atoms with Gasteiger partial charge in [0.25, 0.3) is 15.9 Å². The van der Waals surface area contributed by atoms with E-state index in [-0.39, 0.29) is 10.8 Å². The molecule has 1 aromatic carbocycles. The topological polar surface area (TPSA) is 75.3 Å². The number of carbonyl (C=O) groups is 1. The van der Waals surface area contributed by atoms with Crippen LogP contribution in [-0.2, 0) is 10.0 Å². The Bertz CT molecular complexity index is 844. The lowest BCUT2D eigenvalue weighted by Crippen LogP contribution is -2.17. The molecule has 5 nitrogen and oxygen atoms in total. The van der Waals surface area contributed by atoms with E-state index in [1.165, 1.54) is 13.1 Å². The lowest BCUT2D eigenvalue weighted by atomic mass is 10.1. The molecule has 124 valence electrons. The summed E-state index contributed by atoms with van der Waals surface area (Å²) < 4.78 is 28.1. The van der Waals surface area contributed by atoms with E-state index in [4.69, 9.17) is 0 Å². The predicted molar refractivity (Wildman–Crippen MR) is 93.9 cm³/mol. The molecule has 0 aliphatic heterocycles. The van der Waals surface area contributed by atoms with Gasteiger partial charge in [-0.3, -0.25) is 9.52 Å². The summed E-state index contributed by atoms with van der Waals surface area (Å²) in [4.78, 5) is 12.8. The molecule has 0 unspecified atom stereocenters. The number of aryl methyl sites for hydroxylation is 4. The van der Waals surface area contributed by atoms with Gasteiger partial charge in [-0.15, -0.1) is 11.3 Å². The number of hydrogen-bond donors (Lipinski definition) is 2. The van der Waals surface area contributed by atoms with Crippen LogP contribution in [0.2, 0.25) is 0 Å². The van der Waals surface area contributed by atoms with E-state index in [2.05, 4.69) is 10.0 Å². The highest BCUT2D eigenvalue weighted by atomic mass is 32.2. The third-order valence-corrected chi connectivity index (χ3v) is 6.18. The van der Waals surface area contributed by atoms with Crippen LogP contribution in [-0.4, -0.2) is 21.4 Å². The minimum absolute atomic E-state index is 0.139. The van der Waals surface area contributed by atoms with Crippen molar-refractivity contribution in [1.29, 1.82) is 0 Å². The zero-order valence-corrected chi connectivity index (χ0v) is 15.4. The summed E-state index contributed by atoms with van der Waals surface area (Å²) in [7, 11) is -2.23. The average molecular weight is 352 g/mol. The van der Waals surface area contributed by atoms with Crippen molar-refractivity contribution >= 4 is 33.0 Å². The highest BCUT2D eigenvalue weighted by molar-refractivity contribution is 7.93. The number of benzene rings is 1.